The Morgan fingerprint density at radius 1 is 1.06 bits per heavy atom. The molecule has 0 aliphatic carbocycles. The van der Waals surface area contributed by atoms with Crippen molar-refractivity contribution >= 4 is 28.5 Å². The highest BCUT2D eigenvalue weighted by Gasteiger charge is 2.33. The number of carbonyl (C=O) groups is 1. The molecule has 1 N–H and O–H groups in total. The molecule has 3 aromatic rings. The summed E-state index contributed by atoms with van der Waals surface area (Å²) in [6, 6.07) is 1.68. The molecular formula is C20H18F3N5O4. The third-order valence-electron chi connectivity index (χ3n) is 5.43. The Morgan fingerprint density at radius 3 is 2.22 bits per heavy atom. The van der Waals surface area contributed by atoms with Gasteiger partial charge in [0.05, 0.1) is 12.5 Å². The number of methoxy groups -OCH3 is 1. The molecule has 32 heavy (non-hydrogen) atoms. The van der Waals surface area contributed by atoms with Crippen LogP contribution in [-0.4, -0.2) is 58.9 Å². The van der Waals surface area contributed by atoms with Gasteiger partial charge in [0.1, 0.15) is 11.2 Å². The number of nitrogens with zero attached hydrogens (tertiary/aromatic N) is 5. The minimum Gasteiger partial charge on any atom is -0.492 e. The number of hydrogen-bond donors (Lipinski definition) is 1. The van der Waals surface area contributed by atoms with E-state index in [1.165, 1.54) is 12.0 Å². The Hall–Kier alpha value is -3.83. The van der Waals surface area contributed by atoms with Crippen molar-refractivity contribution in [3.05, 3.63) is 51.8 Å². The molecule has 1 aliphatic rings. The highest BCUT2D eigenvalue weighted by Crippen LogP contribution is 2.40. The zero-order chi connectivity index (χ0) is 23.2. The first-order chi connectivity index (χ1) is 15.3. The molecule has 168 valence electrons. The van der Waals surface area contributed by atoms with Gasteiger partial charge in [-0.25, -0.2) is 23.5 Å². The number of anilines is 2. The van der Waals surface area contributed by atoms with Crippen LogP contribution in [0.3, 0.4) is 0 Å². The van der Waals surface area contributed by atoms with E-state index in [-0.39, 0.29) is 30.0 Å². The number of halogens is 3. The Morgan fingerprint density at radius 2 is 1.66 bits per heavy atom. The first-order valence-corrected chi connectivity index (χ1v) is 9.55. The topological polar surface area (TPSA) is 101 Å². The number of hydrogen-bond acceptors (Lipinski definition) is 7. The molecule has 0 atom stereocenters. The molecule has 0 saturated carbocycles. The monoisotopic (exact) mass is 449 g/mol. The summed E-state index contributed by atoms with van der Waals surface area (Å²) < 4.78 is 50.9. The van der Waals surface area contributed by atoms with Gasteiger partial charge in [0.25, 0.3) is 0 Å². The summed E-state index contributed by atoms with van der Waals surface area (Å²) in [6.45, 7) is 1.25. The lowest BCUT2D eigenvalue weighted by Gasteiger charge is -2.37. The van der Waals surface area contributed by atoms with Crippen molar-refractivity contribution < 1.29 is 27.8 Å². The Labute approximate surface area is 179 Å². The van der Waals surface area contributed by atoms with E-state index in [9.17, 15) is 19.1 Å². The van der Waals surface area contributed by atoms with Gasteiger partial charge in [0, 0.05) is 45.6 Å². The summed E-state index contributed by atoms with van der Waals surface area (Å²) in [4.78, 5) is 35.6. The van der Waals surface area contributed by atoms with Crippen LogP contribution in [0.4, 0.5) is 24.8 Å². The van der Waals surface area contributed by atoms with Crippen molar-refractivity contribution in [2.24, 2.45) is 7.05 Å². The van der Waals surface area contributed by atoms with Crippen LogP contribution in [0.15, 0.2) is 23.3 Å². The lowest BCUT2D eigenvalue weighted by Crippen LogP contribution is -2.47. The van der Waals surface area contributed by atoms with E-state index in [0.717, 1.165) is 7.05 Å². The SMILES string of the molecule is COc1c(N2CCN(c3ncccn3)CC2)c(F)c(F)c2c(=O)c(C(=O)O)c(F)n(C)c12. The van der Waals surface area contributed by atoms with E-state index in [1.807, 2.05) is 4.90 Å². The molecule has 2 aromatic heterocycles. The zero-order valence-corrected chi connectivity index (χ0v) is 17.1. The molecule has 0 spiro atoms. The van der Waals surface area contributed by atoms with Crippen molar-refractivity contribution in [1.29, 1.82) is 0 Å². The van der Waals surface area contributed by atoms with Crippen molar-refractivity contribution in [2.75, 3.05) is 43.1 Å². The Kier molecular flexibility index (Phi) is 5.36. The van der Waals surface area contributed by atoms with E-state index in [1.54, 1.807) is 18.5 Å². The molecule has 0 bridgehead atoms. The molecular weight excluding hydrogens is 431 g/mol. The average Bonchev–Trinajstić information content (AvgIpc) is 2.79. The van der Waals surface area contributed by atoms with E-state index in [4.69, 9.17) is 4.74 Å². The molecule has 4 rings (SSSR count). The minimum atomic E-state index is -1.88. The summed E-state index contributed by atoms with van der Waals surface area (Å²) in [6.07, 6.45) is 3.19. The largest absolute Gasteiger partial charge is 0.492 e. The molecule has 1 saturated heterocycles. The number of fused-ring (bicyclic) bond motifs is 1. The molecule has 9 nitrogen and oxygen atoms in total. The number of ether oxygens (including phenoxy) is 1. The van der Waals surface area contributed by atoms with E-state index < -0.39 is 39.9 Å². The van der Waals surface area contributed by atoms with Crippen LogP contribution in [0.1, 0.15) is 10.4 Å². The highest BCUT2D eigenvalue weighted by molar-refractivity contribution is 5.97. The fourth-order valence-corrected chi connectivity index (χ4v) is 3.90. The molecule has 3 heterocycles. The number of benzene rings is 1. The van der Waals surface area contributed by atoms with Gasteiger partial charge < -0.3 is 24.2 Å². The number of rotatable bonds is 4. The molecule has 0 radical (unpaired) electrons. The van der Waals surface area contributed by atoms with Gasteiger partial charge in [0.15, 0.2) is 22.9 Å². The quantitative estimate of drug-likeness (QED) is 0.602. The Bertz CT molecular complexity index is 1270. The second-order valence-electron chi connectivity index (χ2n) is 7.12. The number of pyridine rings is 1. The standard InChI is InChI=1S/C20H18F3N5O4/c1-26-14-10(16(29)11(18(26)23)19(30)31)12(21)13(22)15(17(14)32-2)27-6-8-28(9-7-27)20-24-4-3-5-25-20/h3-5H,6-9H2,1-2H3,(H,30,31). The first-order valence-electron chi connectivity index (χ1n) is 9.55. The number of carboxylic acids is 1. The molecule has 0 unspecified atom stereocenters. The van der Waals surface area contributed by atoms with Crippen molar-refractivity contribution in [1.82, 2.24) is 14.5 Å². The van der Waals surface area contributed by atoms with E-state index in [2.05, 4.69) is 9.97 Å². The average molecular weight is 449 g/mol. The van der Waals surface area contributed by atoms with Crippen molar-refractivity contribution in [3.8, 4) is 5.75 Å². The van der Waals surface area contributed by atoms with Crippen LogP contribution in [0.5, 0.6) is 5.75 Å². The third kappa shape index (κ3) is 3.18. The predicted octanol–water partition coefficient (Wildman–Crippen LogP) is 1.78. The molecule has 1 aliphatic heterocycles. The first kappa shape index (κ1) is 21.4. The van der Waals surface area contributed by atoms with Crippen LogP contribution in [0, 0.1) is 17.6 Å². The van der Waals surface area contributed by atoms with Crippen LogP contribution >= 0.6 is 0 Å². The van der Waals surface area contributed by atoms with Crippen molar-refractivity contribution in [3.63, 3.8) is 0 Å². The molecule has 1 fully saturated rings. The normalized spacial score (nSPS) is 14.2. The maximum Gasteiger partial charge on any atom is 0.344 e. The smallest absolute Gasteiger partial charge is 0.344 e. The molecule has 0 amide bonds. The maximum atomic E-state index is 15.2. The molecule has 1 aromatic carbocycles. The second-order valence-corrected chi connectivity index (χ2v) is 7.12. The fourth-order valence-electron chi connectivity index (χ4n) is 3.90. The van der Waals surface area contributed by atoms with Crippen LogP contribution in [0.2, 0.25) is 0 Å². The number of aromatic carboxylic acids is 1. The van der Waals surface area contributed by atoms with Gasteiger partial charge in [-0.05, 0) is 6.07 Å². The van der Waals surface area contributed by atoms with Gasteiger partial charge in [0.2, 0.25) is 17.3 Å². The number of aryl methyl sites for hydroxylation is 1. The number of aromatic nitrogens is 3. The maximum absolute atomic E-state index is 15.2. The summed E-state index contributed by atoms with van der Waals surface area (Å²) in [5.41, 5.74) is -3.38. The number of carboxylic acid groups (broad SMARTS) is 1. The van der Waals surface area contributed by atoms with Crippen molar-refractivity contribution in [2.45, 2.75) is 0 Å². The third-order valence-corrected chi connectivity index (χ3v) is 5.43. The van der Waals surface area contributed by atoms with Crippen LogP contribution in [-0.2, 0) is 7.05 Å². The lowest BCUT2D eigenvalue weighted by molar-refractivity contribution is 0.0688. The van der Waals surface area contributed by atoms with E-state index >= 15 is 8.78 Å². The highest BCUT2D eigenvalue weighted by atomic mass is 19.2. The summed E-state index contributed by atoms with van der Waals surface area (Å²) in [5.74, 6) is -5.98. The predicted molar refractivity (Wildman–Crippen MR) is 109 cm³/mol. The zero-order valence-electron chi connectivity index (χ0n) is 17.1. The lowest BCUT2D eigenvalue weighted by atomic mass is 10.1. The van der Waals surface area contributed by atoms with Gasteiger partial charge in [-0.15, -0.1) is 0 Å². The van der Waals surface area contributed by atoms with Crippen LogP contribution < -0.4 is 20.0 Å². The van der Waals surface area contributed by atoms with Gasteiger partial charge in [-0.3, -0.25) is 4.79 Å². The molecule has 12 heteroatoms. The summed E-state index contributed by atoms with van der Waals surface area (Å²) >= 11 is 0. The minimum absolute atomic E-state index is 0.236. The summed E-state index contributed by atoms with van der Waals surface area (Å²) in [7, 11) is 2.29. The van der Waals surface area contributed by atoms with Gasteiger partial charge >= 0.3 is 5.97 Å². The van der Waals surface area contributed by atoms with Gasteiger partial charge in [-0.1, -0.05) is 0 Å². The fraction of sp³-hybridized carbons (Fsp3) is 0.300. The van der Waals surface area contributed by atoms with E-state index in [0.29, 0.717) is 23.6 Å². The summed E-state index contributed by atoms with van der Waals surface area (Å²) in [5, 5.41) is 8.28. The number of piperazine rings is 1. The van der Waals surface area contributed by atoms with Crippen LogP contribution in [0.25, 0.3) is 10.9 Å². The van der Waals surface area contributed by atoms with Gasteiger partial charge in [-0.2, -0.15) is 4.39 Å². The Balaban J connectivity index is 1.86. The second kappa shape index (κ2) is 8.02.